The first-order valence-electron chi connectivity index (χ1n) is 6.76. The number of esters is 1. The van der Waals surface area contributed by atoms with Crippen molar-refractivity contribution in [3.05, 3.63) is 0 Å². The minimum atomic E-state index is -2.17. The fourth-order valence-corrected chi connectivity index (χ4v) is 1.97. The number of likely N-dealkylation sites (tertiary alicyclic amines) is 1. The molecule has 11 heteroatoms. The Morgan fingerprint density at radius 2 is 1.78 bits per heavy atom. The number of hydrogen-bond acceptors (Lipinski definition) is 9. The minimum Gasteiger partial charge on any atom is -1.00 e. The number of aliphatic hydroxyl groups excluding tert-OH is 6. The minimum absolute atomic E-state index is 0. The molecule has 5 atom stereocenters. The van der Waals surface area contributed by atoms with Crippen molar-refractivity contribution in [3.8, 4) is 0 Å². The molecule has 0 aliphatic carbocycles. The van der Waals surface area contributed by atoms with Crippen LogP contribution in [-0.2, 0) is 14.3 Å². The van der Waals surface area contributed by atoms with Crippen LogP contribution in [0, 0.1) is 0 Å². The number of carbonyl (C=O) groups is 2. The van der Waals surface area contributed by atoms with Crippen molar-refractivity contribution >= 4 is 11.9 Å². The third kappa shape index (κ3) is 6.61. The second kappa shape index (κ2) is 10.5. The van der Waals surface area contributed by atoms with Gasteiger partial charge in [0.05, 0.1) is 6.61 Å². The normalized spacial score (nSPS) is 21.1. The van der Waals surface area contributed by atoms with Crippen LogP contribution in [0.2, 0.25) is 0 Å². The molecular formula is C12H22NNaO9. The summed E-state index contributed by atoms with van der Waals surface area (Å²) in [6.45, 7) is -0.894. The van der Waals surface area contributed by atoms with E-state index in [9.17, 15) is 30.0 Å². The van der Waals surface area contributed by atoms with Gasteiger partial charge in [-0.15, -0.1) is 0 Å². The molecule has 0 aromatic heterocycles. The molecule has 23 heavy (non-hydrogen) atoms. The fraction of sp³-hybridized carbons (Fsp3) is 0.833. The maximum absolute atomic E-state index is 11.5. The summed E-state index contributed by atoms with van der Waals surface area (Å²) in [5.41, 5.74) is 0. The van der Waals surface area contributed by atoms with E-state index < -0.39 is 49.8 Å². The van der Waals surface area contributed by atoms with E-state index in [1.165, 1.54) is 4.90 Å². The van der Waals surface area contributed by atoms with Crippen molar-refractivity contribution in [1.29, 1.82) is 0 Å². The number of nitrogens with zero attached hydrogens (tertiary/aromatic N) is 1. The SMILES string of the molecule is O=C(CN1CCCC1=O)OC(O)[C@@H](O)[C@@H](O)[C@H](O)[C@H](O)CO.[H-].[Na+]. The van der Waals surface area contributed by atoms with Gasteiger partial charge in [0.15, 0.2) is 0 Å². The first-order valence-corrected chi connectivity index (χ1v) is 6.76. The summed E-state index contributed by atoms with van der Waals surface area (Å²) in [4.78, 5) is 24.1. The zero-order valence-corrected chi connectivity index (χ0v) is 14.8. The molecule has 0 aromatic carbocycles. The summed E-state index contributed by atoms with van der Waals surface area (Å²) < 4.78 is 4.46. The molecule has 0 radical (unpaired) electrons. The van der Waals surface area contributed by atoms with Gasteiger partial charge in [0, 0.05) is 13.0 Å². The van der Waals surface area contributed by atoms with Gasteiger partial charge in [0.25, 0.3) is 0 Å². The summed E-state index contributed by atoms with van der Waals surface area (Å²) in [5.74, 6) is -1.22. The molecule has 0 saturated carbocycles. The Hall–Kier alpha value is -0.300. The maximum Gasteiger partial charge on any atom is 1.00 e. The van der Waals surface area contributed by atoms with Crippen molar-refractivity contribution in [2.45, 2.75) is 43.5 Å². The molecular weight excluding hydrogens is 325 g/mol. The number of rotatable bonds is 8. The first-order chi connectivity index (χ1) is 10.3. The quantitative estimate of drug-likeness (QED) is 0.142. The number of ether oxygens (including phenoxy) is 1. The third-order valence-electron chi connectivity index (χ3n) is 3.32. The van der Waals surface area contributed by atoms with Crippen LogP contribution in [0.3, 0.4) is 0 Å². The Morgan fingerprint density at radius 3 is 2.26 bits per heavy atom. The predicted molar refractivity (Wildman–Crippen MR) is 70.1 cm³/mol. The van der Waals surface area contributed by atoms with E-state index in [1.807, 2.05) is 0 Å². The molecule has 1 amide bonds. The monoisotopic (exact) mass is 347 g/mol. The van der Waals surface area contributed by atoms with Gasteiger partial charge in [-0.05, 0) is 6.42 Å². The summed E-state index contributed by atoms with van der Waals surface area (Å²) >= 11 is 0. The van der Waals surface area contributed by atoms with Crippen LogP contribution >= 0.6 is 0 Å². The van der Waals surface area contributed by atoms with Gasteiger partial charge in [0.1, 0.15) is 31.0 Å². The van der Waals surface area contributed by atoms with Crippen molar-refractivity contribution < 1.29 is 75.9 Å². The van der Waals surface area contributed by atoms with Gasteiger partial charge < -0.3 is 41.7 Å². The first kappa shape index (κ1) is 22.7. The molecule has 1 fully saturated rings. The summed E-state index contributed by atoms with van der Waals surface area (Å²) in [7, 11) is 0. The molecule has 130 valence electrons. The molecule has 0 spiro atoms. The molecule has 1 aliphatic heterocycles. The van der Waals surface area contributed by atoms with Crippen LogP contribution in [0.5, 0.6) is 0 Å². The van der Waals surface area contributed by atoms with Crippen molar-refractivity contribution in [3.63, 3.8) is 0 Å². The van der Waals surface area contributed by atoms with E-state index in [4.69, 9.17) is 10.2 Å². The zero-order chi connectivity index (χ0) is 16.9. The van der Waals surface area contributed by atoms with Crippen molar-refractivity contribution in [2.75, 3.05) is 19.7 Å². The molecule has 1 unspecified atom stereocenters. The van der Waals surface area contributed by atoms with Crippen molar-refractivity contribution in [1.82, 2.24) is 4.90 Å². The standard InChI is InChI=1S/C12H21NO9.Na.H/c14-5-6(15)9(18)10(19)11(20)12(21)22-8(17)4-13-3-1-2-7(13)16;;/h6,9-12,14-15,18-21H,1-5H2;;/q;+1;-1/t6-,9-,10+,11+,12?;;/m1../s1. The molecule has 10 nitrogen and oxygen atoms in total. The average Bonchev–Trinajstić information content (AvgIpc) is 2.88. The molecule has 0 aromatic rings. The summed E-state index contributed by atoms with van der Waals surface area (Å²) in [5, 5.41) is 55.7. The maximum atomic E-state index is 11.5. The van der Waals surface area contributed by atoms with Crippen LogP contribution in [0.25, 0.3) is 0 Å². The van der Waals surface area contributed by atoms with Gasteiger partial charge in [-0.2, -0.15) is 0 Å². The molecule has 1 heterocycles. The van der Waals surface area contributed by atoms with E-state index in [0.29, 0.717) is 19.4 Å². The Labute approximate surface area is 156 Å². The Morgan fingerprint density at radius 1 is 1.17 bits per heavy atom. The molecule has 1 saturated heterocycles. The molecule has 0 bridgehead atoms. The van der Waals surface area contributed by atoms with Gasteiger partial charge in [0.2, 0.25) is 12.2 Å². The van der Waals surface area contributed by atoms with E-state index in [1.54, 1.807) is 0 Å². The molecule has 1 aliphatic rings. The van der Waals surface area contributed by atoms with Crippen LogP contribution < -0.4 is 29.6 Å². The summed E-state index contributed by atoms with van der Waals surface area (Å²) in [6.07, 6.45) is -9.08. The van der Waals surface area contributed by atoms with Gasteiger partial charge in [-0.1, -0.05) is 0 Å². The van der Waals surface area contributed by atoms with Gasteiger partial charge >= 0.3 is 35.5 Å². The van der Waals surface area contributed by atoms with E-state index >= 15 is 0 Å². The molecule has 1 rings (SSSR count). The largest absolute Gasteiger partial charge is 1.00 e. The Balaban J connectivity index is 0. The Bertz CT molecular complexity index is 403. The number of amides is 1. The van der Waals surface area contributed by atoms with Gasteiger partial charge in [-0.25, -0.2) is 0 Å². The fourth-order valence-electron chi connectivity index (χ4n) is 1.97. The smallest absolute Gasteiger partial charge is 1.00 e. The topological polar surface area (TPSA) is 168 Å². The predicted octanol–water partition coefficient (Wildman–Crippen LogP) is -6.98. The molecule has 6 N–H and O–H groups in total. The number of aliphatic hydroxyl groups is 6. The van der Waals surface area contributed by atoms with Crippen LogP contribution in [0.4, 0.5) is 0 Å². The van der Waals surface area contributed by atoms with Crippen molar-refractivity contribution in [2.24, 2.45) is 0 Å². The average molecular weight is 347 g/mol. The van der Waals surface area contributed by atoms with Gasteiger partial charge in [-0.3, -0.25) is 9.59 Å². The summed E-state index contributed by atoms with van der Waals surface area (Å²) in [6, 6.07) is 0. The van der Waals surface area contributed by atoms with Crippen LogP contribution in [0.1, 0.15) is 14.3 Å². The van der Waals surface area contributed by atoms with Crippen LogP contribution in [-0.4, -0.2) is 97.8 Å². The van der Waals surface area contributed by atoms with Crippen LogP contribution in [0.15, 0.2) is 0 Å². The van der Waals surface area contributed by atoms with E-state index in [2.05, 4.69) is 4.74 Å². The second-order valence-corrected chi connectivity index (χ2v) is 5.02. The number of carbonyl (C=O) groups excluding carboxylic acids is 2. The number of hydrogen-bond donors (Lipinski definition) is 6. The Kier molecular flexibility index (Phi) is 10.4. The second-order valence-electron chi connectivity index (χ2n) is 5.02. The van der Waals surface area contributed by atoms with E-state index in [0.717, 1.165) is 0 Å². The third-order valence-corrected chi connectivity index (χ3v) is 3.32. The zero-order valence-electron chi connectivity index (χ0n) is 13.8. The van der Waals surface area contributed by atoms with E-state index in [-0.39, 0.29) is 36.9 Å².